The van der Waals surface area contributed by atoms with Crippen LogP contribution in [0.3, 0.4) is 0 Å². The van der Waals surface area contributed by atoms with Crippen molar-refractivity contribution in [3.05, 3.63) is 0 Å². The first-order chi connectivity index (χ1) is 4.68. The zero-order valence-corrected chi connectivity index (χ0v) is 7.66. The smallest absolute Gasteiger partial charge is 0.221 e. The highest BCUT2D eigenvalue weighted by atomic mass is 35.5. The molecule has 0 radical (unpaired) electrons. The van der Waals surface area contributed by atoms with Gasteiger partial charge in [-0.05, 0) is 24.7 Å². The molecule has 0 aliphatic rings. The van der Waals surface area contributed by atoms with Gasteiger partial charge in [-0.25, -0.2) is 0 Å². The number of rotatable bonds is 3. The quantitative estimate of drug-likeness (QED) is 0.646. The topological polar surface area (TPSA) is 29.1 Å². The molecule has 0 bridgehead atoms. The average molecular weight is 166 g/mol. The van der Waals surface area contributed by atoms with E-state index in [1.807, 2.05) is 0 Å². The summed E-state index contributed by atoms with van der Waals surface area (Å²) >= 11 is 4.82. The van der Waals surface area contributed by atoms with Crippen LogP contribution in [0.1, 0.15) is 27.2 Å². The molecule has 10 heavy (non-hydrogen) atoms. The number of halogens is 1. The molecule has 0 aliphatic carbocycles. The summed E-state index contributed by atoms with van der Waals surface area (Å²) in [6.07, 6.45) is 0.432. The van der Waals surface area contributed by atoms with Crippen LogP contribution in [0.5, 0.6) is 0 Å². The van der Waals surface area contributed by atoms with Crippen LogP contribution in [0, 0.1) is 0 Å². The lowest BCUT2D eigenvalue weighted by molar-refractivity contribution is -0.111. The Morgan fingerprint density at radius 3 is 1.60 bits per heavy atom. The van der Waals surface area contributed by atoms with Crippen molar-refractivity contribution in [3.8, 4) is 0 Å². The van der Waals surface area contributed by atoms with Gasteiger partial charge in [0, 0.05) is 6.42 Å². The number of nitrogens with one attached hydrogen (secondary N) is 1. The Morgan fingerprint density at radius 1 is 1.30 bits per heavy atom. The van der Waals surface area contributed by atoms with Crippen molar-refractivity contribution in [3.63, 3.8) is 0 Å². The molecule has 0 rings (SSSR count). The van der Waals surface area contributed by atoms with Gasteiger partial charge in [0.15, 0.2) is 0 Å². The highest BCUT2D eigenvalue weighted by molar-refractivity contribution is 6.63. The van der Waals surface area contributed by atoms with Crippen molar-refractivity contribution in [2.24, 2.45) is 0 Å². The fraction of sp³-hybridized carbons (Fsp3) is 0.857. The molecule has 0 saturated heterocycles. The number of carbonyl (C=O) groups excluding carboxylic acids is 1. The third-order valence-electron chi connectivity index (χ3n) is 0.778. The monoisotopic (exact) mass is 165 g/mol. The van der Waals surface area contributed by atoms with E-state index in [9.17, 15) is 4.79 Å². The largest absolute Gasteiger partial charge is 0.317 e. The van der Waals surface area contributed by atoms with Gasteiger partial charge in [-0.15, -0.1) is 0 Å². The Hall–Kier alpha value is -0.0800. The van der Waals surface area contributed by atoms with Crippen molar-refractivity contribution in [2.45, 2.75) is 27.2 Å². The van der Waals surface area contributed by atoms with Gasteiger partial charge in [0.1, 0.15) is 0 Å². The van der Waals surface area contributed by atoms with Gasteiger partial charge in [-0.2, -0.15) is 0 Å². The van der Waals surface area contributed by atoms with E-state index in [-0.39, 0.29) is 5.24 Å². The third-order valence-corrected chi connectivity index (χ3v) is 1.05. The van der Waals surface area contributed by atoms with Gasteiger partial charge < -0.3 is 5.32 Å². The average Bonchev–Trinajstić information content (AvgIpc) is 1.91. The second-order valence-electron chi connectivity index (χ2n) is 1.67. The first kappa shape index (κ1) is 12.6. The first-order valence-corrected chi connectivity index (χ1v) is 3.95. The molecule has 0 spiro atoms. The number of hydrogen-bond acceptors (Lipinski definition) is 2. The normalized spacial score (nSPS) is 8.00. The summed E-state index contributed by atoms with van der Waals surface area (Å²) < 4.78 is 0. The van der Waals surface area contributed by atoms with E-state index in [0.29, 0.717) is 6.42 Å². The minimum Gasteiger partial charge on any atom is -0.317 e. The summed E-state index contributed by atoms with van der Waals surface area (Å²) in [5.74, 6) is 0. The molecule has 0 aromatic rings. The second-order valence-corrected chi connectivity index (χ2v) is 2.09. The molecular weight excluding hydrogens is 150 g/mol. The molecule has 0 saturated carbocycles. The lowest BCUT2D eigenvalue weighted by Crippen LogP contribution is -2.09. The summed E-state index contributed by atoms with van der Waals surface area (Å²) in [4.78, 5) is 9.58. The molecule has 1 N–H and O–H groups in total. The fourth-order valence-corrected chi connectivity index (χ4v) is 0.250. The van der Waals surface area contributed by atoms with Gasteiger partial charge in [-0.1, -0.05) is 20.8 Å². The van der Waals surface area contributed by atoms with Gasteiger partial charge in [-0.3, -0.25) is 4.79 Å². The summed E-state index contributed by atoms with van der Waals surface area (Å²) in [6.45, 7) is 8.11. The van der Waals surface area contributed by atoms with Crippen LogP contribution in [0.25, 0.3) is 0 Å². The molecule has 0 heterocycles. The molecule has 0 atom stereocenters. The Kier molecular flexibility index (Phi) is 14.7. The van der Waals surface area contributed by atoms with Crippen molar-refractivity contribution in [2.75, 3.05) is 13.1 Å². The minimum atomic E-state index is -0.273. The summed E-state index contributed by atoms with van der Waals surface area (Å²) in [5, 5.41) is 2.84. The van der Waals surface area contributed by atoms with Crippen molar-refractivity contribution in [1.29, 1.82) is 0 Å². The highest BCUT2D eigenvalue weighted by Crippen LogP contribution is 1.81. The highest BCUT2D eigenvalue weighted by Gasteiger charge is 1.81. The first-order valence-electron chi connectivity index (χ1n) is 3.58. The maximum atomic E-state index is 9.58. The molecular formula is C7H16ClNO. The fourth-order valence-electron chi connectivity index (χ4n) is 0.250. The van der Waals surface area contributed by atoms with Crippen LogP contribution in [0.4, 0.5) is 0 Å². The van der Waals surface area contributed by atoms with E-state index in [1.54, 1.807) is 6.92 Å². The van der Waals surface area contributed by atoms with E-state index in [0.717, 1.165) is 13.1 Å². The van der Waals surface area contributed by atoms with Gasteiger partial charge in [0.05, 0.1) is 0 Å². The van der Waals surface area contributed by atoms with Crippen LogP contribution in [-0.2, 0) is 4.79 Å². The minimum absolute atomic E-state index is 0.273. The van der Waals surface area contributed by atoms with Crippen molar-refractivity contribution < 1.29 is 4.79 Å². The summed E-state index contributed by atoms with van der Waals surface area (Å²) in [6, 6.07) is 0. The SMILES string of the molecule is CCC(=O)Cl.CCNCC. The zero-order chi connectivity index (χ0) is 8.41. The van der Waals surface area contributed by atoms with Gasteiger partial charge in [0.25, 0.3) is 0 Å². The lowest BCUT2D eigenvalue weighted by Gasteiger charge is -1.86. The van der Waals surface area contributed by atoms with Crippen LogP contribution in [-0.4, -0.2) is 18.3 Å². The molecule has 0 aromatic carbocycles. The molecule has 0 amide bonds. The maximum absolute atomic E-state index is 9.58. The molecule has 62 valence electrons. The lowest BCUT2D eigenvalue weighted by atomic mass is 10.6. The third kappa shape index (κ3) is 24.7. The molecule has 2 nitrogen and oxygen atoms in total. The van der Waals surface area contributed by atoms with E-state index in [1.165, 1.54) is 0 Å². The zero-order valence-electron chi connectivity index (χ0n) is 6.91. The van der Waals surface area contributed by atoms with Crippen LogP contribution < -0.4 is 5.32 Å². The maximum Gasteiger partial charge on any atom is 0.221 e. The molecule has 0 fully saturated rings. The Balaban J connectivity index is 0. The number of hydrogen-bond donors (Lipinski definition) is 1. The van der Waals surface area contributed by atoms with Crippen LogP contribution in [0.15, 0.2) is 0 Å². The van der Waals surface area contributed by atoms with E-state index in [4.69, 9.17) is 11.6 Å². The molecule has 0 unspecified atom stereocenters. The van der Waals surface area contributed by atoms with Crippen molar-refractivity contribution >= 4 is 16.8 Å². The Labute approximate surface area is 67.9 Å². The van der Waals surface area contributed by atoms with Gasteiger partial charge in [0.2, 0.25) is 5.24 Å². The van der Waals surface area contributed by atoms with Crippen molar-refractivity contribution in [1.82, 2.24) is 5.32 Å². The standard InChI is InChI=1S/C4H11N.C3H5ClO/c1-3-5-4-2;1-2-3(4)5/h5H,3-4H2,1-2H3;2H2,1H3. The predicted octanol–water partition coefficient (Wildman–Crippen LogP) is 1.78. The van der Waals surface area contributed by atoms with E-state index >= 15 is 0 Å². The Bertz CT molecular complexity index is 74.0. The van der Waals surface area contributed by atoms with E-state index in [2.05, 4.69) is 19.2 Å². The van der Waals surface area contributed by atoms with Crippen LogP contribution in [0.2, 0.25) is 0 Å². The molecule has 3 heteroatoms. The molecule has 0 aromatic heterocycles. The Morgan fingerprint density at radius 2 is 1.60 bits per heavy atom. The summed E-state index contributed by atoms with van der Waals surface area (Å²) in [7, 11) is 0. The van der Waals surface area contributed by atoms with Gasteiger partial charge >= 0.3 is 0 Å². The summed E-state index contributed by atoms with van der Waals surface area (Å²) in [5.41, 5.74) is 0. The van der Waals surface area contributed by atoms with Crippen LogP contribution >= 0.6 is 11.6 Å². The van der Waals surface area contributed by atoms with E-state index < -0.39 is 0 Å². The number of carbonyl (C=O) groups is 1. The molecule has 0 aliphatic heterocycles. The predicted molar refractivity (Wildman–Crippen MR) is 45.4 cm³/mol. The second kappa shape index (κ2) is 11.7.